The van der Waals surface area contributed by atoms with Crippen LogP contribution in [0.1, 0.15) is 56.3 Å². The fourth-order valence-corrected chi connectivity index (χ4v) is 9.96. The fraction of sp³-hybridized carbons (Fsp3) is 0.559. The molecule has 4 bridgehead atoms. The van der Waals surface area contributed by atoms with Crippen molar-refractivity contribution in [2.75, 3.05) is 36.4 Å². The zero-order valence-electron chi connectivity index (χ0n) is 24.3. The second kappa shape index (κ2) is 10.9. The quantitative estimate of drug-likeness (QED) is 0.360. The third-order valence-corrected chi connectivity index (χ3v) is 12.0. The predicted octanol–water partition coefficient (Wildman–Crippen LogP) is 5.46. The summed E-state index contributed by atoms with van der Waals surface area (Å²) >= 11 is 1.64. The van der Waals surface area contributed by atoms with Crippen molar-refractivity contribution in [1.82, 2.24) is 14.9 Å². The van der Waals surface area contributed by atoms with E-state index in [1.165, 1.54) is 62.9 Å². The van der Waals surface area contributed by atoms with Gasteiger partial charge in [0, 0.05) is 50.4 Å². The number of hydrogen-bond donors (Lipinski definition) is 2. The molecule has 8 rings (SSSR count). The molecule has 0 radical (unpaired) electrons. The summed E-state index contributed by atoms with van der Waals surface area (Å²) in [5.74, 6) is 3.67. The molecule has 7 nitrogen and oxygen atoms in total. The third-order valence-electron chi connectivity index (χ3n) is 11.1. The van der Waals surface area contributed by atoms with Gasteiger partial charge in [0.15, 0.2) is 0 Å². The van der Waals surface area contributed by atoms with Crippen molar-refractivity contribution in [2.45, 2.75) is 63.5 Å². The Morgan fingerprint density at radius 2 is 1.64 bits per heavy atom. The summed E-state index contributed by atoms with van der Waals surface area (Å²) in [7, 11) is 0. The van der Waals surface area contributed by atoms with Crippen molar-refractivity contribution in [1.29, 1.82) is 0 Å². The van der Waals surface area contributed by atoms with Gasteiger partial charge in [-0.1, -0.05) is 37.1 Å². The van der Waals surface area contributed by atoms with Crippen LogP contribution in [-0.4, -0.2) is 59.0 Å². The molecule has 8 heteroatoms. The number of hydrogen-bond acceptors (Lipinski definition) is 7. The molecule has 1 aliphatic heterocycles. The van der Waals surface area contributed by atoms with Crippen LogP contribution in [0, 0.1) is 29.6 Å². The molecular formula is C34H42N6OS. The minimum Gasteiger partial charge on any atom is -0.369 e. The molecule has 1 aromatic carbocycles. The van der Waals surface area contributed by atoms with E-state index in [4.69, 9.17) is 15.7 Å². The number of nitrogens with one attached hydrogen (secondary N) is 1. The van der Waals surface area contributed by atoms with E-state index in [1.54, 1.807) is 11.3 Å². The van der Waals surface area contributed by atoms with E-state index in [9.17, 15) is 4.79 Å². The van der Waals surface area contributed by atoms with Crippen molar-refractivity contribution < 1.29 is 4.79 Å². The molecule has 5 aliphatic rings. The van der Waals surface area contributed by atoms with Gasteiger partial charge in [-0.25, -0.2) is 9.97 Å². The average molecular weight is 583 g/mol. The lowest BCUT2D eigenvalue weighted by atomic mass is 9.68. The molecule has 0 spiro atoms. The van der Waals surface area contributed by atoms with E-state index in [-0.39, 0.29) is 23.8 Å². The predicted molar refractivity (Wildman–Crippen MR) is 170 cm³/mol. The molecule has 4 atom stereocenters. The molecule has 3 saturated carbocycles. The molecule has 4 aliphatic carbocycles. The number of benzene rings is 1. The Balaban J connectivity index is 0.942. The standard InChI is InChI=1S/C34H42N6OS/c35-33(41)29-24-9-10-25(20-24)30(29)38-34-32-27(13-18-42-32)36-28(37-34)19-21-7-11-26(12-8-21)39-14-16-40(17-15-39)31-22-3-1-4-23(31)6-2-5-22/h7-13,18,22-25,29-31H,1-6,14-17,19-20H2,(H2,35,41)(H,36,37,38). The highest BCUT2D eigenvalue weighted by Gasteiger charge is 2.48. The highest BCUT2D eigenvalue weighted by molar-refractivity contribution is 7.17. The molecule has 42 heavy (non-hydrogen) atoms. The molecular weight excluding hydrogens is 540 g/mol. The van der Waals surface area contributed by atoms with E-state index in [1.807, 2.05) is 0 Å². The summed E-state index contributed by atoms with van der Waals surface area (Å²) in [6.45, 7) is 4.62. The Hall–Kier alpha value is -2.97. The van der Waals surface area contributed by atoms with Gasteiger partial charge in [0.1, 0.15) is 11.6 Å². The Morgan fingerprint density at radius 3 is 2.36 bits per heavy atom. The Bertz CT molecular complexity index is 1450. The second-order valence-corrected chi connectivity index (χ2v) is 14.3. The molecule has 220 valence electrons. The topological polar surface area (TPSA) is 87.4 Å². The number of carbonyl (C=O) groups excluding carboxylic acids is 1. The van der Waals surface area contributed by atoms with Gasteiger partial charge < -0.3 is 16.0 Å². The monoisotopic (exact) mass is 582 g/mol. The number of piperazine rings is 1. The highest BCUT2D eigenvalue weighted by atomic mass is 32.1. The molecule has 3 N–H and O–H groups in total. The normalized spacial score (nSPS) is 32.5. The van der Waals surface area contributed by atoms with E-state index in [0.29, 0.717) is 12.3 Å². The zero-order valence-corrected chi connectivity index (χ0v) is 25.1. The number of primary amides is 1. The van der Waals surface area contributed by atoms with Crippen molar-refractivity contribution in [3.63, 3.8) is 0 Å². The Kier molecular flexibility index (Phi) is 6.94. The number of allylic oxidation sites excluding steroid dienone is 1. The summed E-state index contributed by atoms with van der Waals surface area (Å²) in [4.78, 5) is 27.6. The maximum absolute atomic E-state index is 12.3. The first kappa shape index (κ1) is 26.6. The van der Waals surface area contributed by atoms with Crippen LogP contribution < -0.4 is 16.0 Å². The van der Waals surface area contributed by atoms with Crippen molar-refractivity contribution in [3.8, 4) is 0 Å². The first-order valence-corrected chi connectivity index (χ1v) is 17.0. The van der Waals surface area contributed by atoms with Gasteiger partial charge in [-0.3, -0.25) is 9.69 Å². The number of thiophene rings is 1. The average Bonchev–Trinajstić information content (AvgIpc) is 3.74. The number of carbonyl (C=O) groups is 1. The van der Waals surface area contributed by atoms with Crippen LogP contribution in [0.15, 0.2) is 47.9 Å². The van der Waals surface area contributed by atoms with E-state index < -0.39 is 0 Å². The van der Waals surface area contributed by atoms with Gasteiger partial charge in [-0.05, 0) is 84.9 Å². The van der Waals surface area contributed by atoms with Gasteiger partial charge in [0.2, 0.25) is 5.91 Å². The number of amides is 1. The summed E-state index contributed by atoms with van der Waals surface area (Å²) in [5.41, 5.74) is 9.32. The number of anilines is 2. The number of rotatable bonds is 7. The Morgan fingerprint density at radius 1 is 0.929 bits per heavy atom. The summed E-state index contributed by atoms with van der Waals surface area (Å²) < 4.78 is 1.04. The minimum absolute atomic E-state index is 0.0111. The van der Waals surface area contributed by atoms with Gasteiger partial charge >= 0.3 is 0 Å². The second-order valence-electron chi connectivity index (χ2n) is 13.4. The number of aromatic nitrogens is 2. The summed E-state index contributed by atoms with van der Waals surface area (Å²) in [6.07, 6.45) is 14.8. The van der Waals surface area contributed by atoms with Crippen LogP contribution in [0.5, 0.6) is 0 Å². The van der Waals surface area contributed by atoms with Gasteiger partial charge in [-0.15, -0.1) is 11.3 Å². The molecule has 1 saturated heterocycles. The first-order chi connectivity index (χ1) is 20.6. The maximum Gasteiger partial charge on any atom is 0.223 e. The lowest BCUT2D eigenvalue weighted by Crippen LogP contribution is -2.56. The highest BCUT2D eigenvalue weighted by Crippen LogP contribution is 2.46. The number of nitrogens with two attached hydrogens (primary N) is 1. The number of nitrogens with zero attached hydrogens (tertiary/aromatic N) is 4. The molecule has 4 unspecified atom stereocenters. The van der Waals surface area contributed by atoms with Gasteiger partial charge in [0.05, 0.1) is 16.1 Å². The van der Waals surface area contributed by atoms with Gasteiger partial charge in [-0.2, -0.15) is 0 Å². The van der Waals surface area contributed by atoms with Crippen LogP contribution in [0.4, 0.5) is 11.5 Å². The van der Waals surface area contributed by atoms with Crippen molar-refractivity contribution in [3.05, 3.63) is 59.3 Å². The molecule has 3 aromatic rings. The molecule has 2 aromatic heterocycles. The van der Waals surface area contributed by atoms with Crippen LogP contribution in [0.25, 0.3) is 10.2 Å². The minimum atomic E-state index is -0.223. The van der Waals surface area contributed by atoms with Crippen LogP contribution in [0.3, 0.4) is 0 Å². The van der Waals surface area contributed by atoms with Gasteiger partial charge in [0.25, 0.3) is 0 Å². The van der Waals surface area contributed by atoms with Crippen molar-refractivity contribution in [2.24, 2.45) is 35.3 Å². The molecule has 1 amide bonds. The van der Waals surface area contributed by atoms with E-state index in [0.717, 1.165) is 59.2 Å². The Labute approximate surface area is 252 Å². The SMILES string of the molecule is NC(=O)C1C2C=CC(C2)C1Nc1nc(Cc2ccc(N3CCN(C4C5CCCC4CCC5)CC3)cc2)nc2ccsc12. The van der Waals surface area contributed by atoms with Crippen LogP contribution in [0.2, 0.25) is 0 Å². The largest absolute Gasteiger partial charge is 0.369 e. The summed E-state index contributed by atoms with van der Waals surface area (Å²) in [5, 5.41) is 5.71. The van der Waals surface area contributed by atoms with E-state index in [2.05, 4.69) is 63.0 Å². The lowest BCUT2D eigenvalue weighted by molar-refractivity contribution is -0.122. The third kappa shape index (κ3) is 4.80. The fourth-order valence-electron chi connectivity index (χ4n) is 9.18. The number of fused-ring (bicyclic) bond motifs is 5. The summed E-state index contributed by atoms with van der Waals surface area (Å²) in [6, 6.07) is 11.9. The maximum atomic E-state index is 12.3. The van der Waals surface area contributed by atoms with Crippen LogP contribution in [-0.2, 0) is 11.2 Å². The van der Waals surface area contributed by atoms with E-state index >= 15 is 0 Å². The lowest BCUT2D eigenvalue weighted by Gasteiger charge is -2.50. The molecule has 4 fully saturated rings. The zero-order chi connectivity index (χ0) is 28.2. The van der Waals surface area contributed by atoms with Crippen LogP contribution >= 0.6 is 11.3 Å². The first-order valence-electron chi connectivity index (χ1n) is 16.2. The smallest absolute Gasteiger partial charge is 0.223 e. The van der Waals surface area contributed by atoms with Crippen molar-refractivity contribution >= 4 is 39.0 Å². The molecule has 3 heterocycles.